The van der Waals surface area contributed by atoms with Gasteiger partial charge in [0.15, 0.2) is 0 Å². The first-order valence-corrected chi connectivity index (χ1v) is 7.39. The molecule has 20 heavy (non-hydrogen) atoms. The largest absolute Gasteiger partial charge is 0.480 e. The van der Waals surface area contributed by atoms with Gasteiger partial charge in [-0.2, -0.15) is 0 Å². The van der Waals surface area contributed by atoms with Gasteiger partial charge in [0.1, 0.15) is 6.54 Å². The number of amides is 1. The van der Waals surface area contributed by atoms with Crippen LogP contribution in [-0.4, -0.2) is 60.4 Å². The van der Waals surface area contributed by atoms with Crippen LogP contribution >= 0.6 is 11.8 Å². The fourth-order valence-corrected chi connectivity index (χ4v) is 2.57. The third kappa shape index (κ3) is 3.69. The third-order valence-electron chi connectivity index (χ3n) is 2.93. The number of tetrazole rings is 1. The van der Waals surface area contributed by atoms with E-state index in [1.54, 1.807) is 18.5 Å². The van der Waals surface area contributed by atoms with Gasteiger partial charge >= 0.3 is 5.97 Å². The lowest BCUT2D eigenvalue weighted by atomic mass is 10.3. The smallest absolute Gasteiger partial charge is 0.323 e. The van der Waals surface area contributed by atoms with E-state index in [0.29, 0.717) is 11.2 Å². The molecule has 0 bridgehead atoms. The van der Waals surface area contributed by atoms with Gasteiger partial charge in [-0.25, -0.2) is 4.68 Å². The second-order valence-corrected chi connectivity index (χ2v) is 5.88. The Balaban J connectivity index is 1.92. The van der Waals surface area contributed by atoms with Gasteiger partial charge in [-0.05, 0) is 37.1 Å². The van der Waals surface area contributed by atoms with Crippen LogP contribution in [0.15, 0.2) is 5.16 Å². The number of carboxylic acid groups (broad SMARTS) is 1. The quantitative estimate of drug-likeness (QED) is 0.728. The van der Waals surface area contributed by atoms with Crippen LogP contribution in [0.3, 0.4) is 0 Å². The van der Waals surface area contributed by atoms with Crippen molar-refractivity contribution in [3.05, 3.63) is 0 Å². The Morgan fingerprint density at radius 2 is 2.20 bits per heavy atom. The van der Waals surface area contributed by atoms with Gasteiger partial charge in [0.25, 0.3) is 0 Å². The monoisotopic (exact) mass is 299 g/mol. The zero-order valence-corrected chi connectivity index (χ0v) is 12.2. The summed E-state index contributed by atoms with van der Waals surface area (Å²) >= 11 is 1.25. The fraction of sp³-hybridized carbons (Fsp3) is 0.727. The van der Waals surface area contributed by atoms with E-state index in [1.165, 1.54) is 16.7 Å². The van der Waals surface area contributed by atoms with E-state index < -0.39 is 5.97 Å². The number of hydrogen-bond acceptors (Lipinski definition) is 6. The summed E-state index contributed by atoms with van der Waals surface area (Å²) in [6.45, 7) is 3.30. The molecule has 8 nitrogen and oxygen atoms in total. The molecule has 2 rings (SSSR count). The molecule has 1 saturated carbocycles. The predicted octanol–water partition coefficient (Wildman–Crippen LogP) is 0.422. The fourth-order valence-electron chi connectivity index (χ4n) is 1.74. The molecule has 1 aliphatic carbocycles. The molecule has 1 fully saturated rings. The maximum atomic E-state index is 12.1. The number of aromatic nitrogens is 4. The first kappa shape index (κ1) is 14.8. The van der Waals surface area contributed by atoms with Gasteiger partial charge in [0, 0.05) is 6.04 Å². The third-order valence-corrected chi connectivity index (χ3v) is 3.85. The van der Waals surface area contributed by atoms with Crippen LogP contribution in [0, 0.1) is 0 Å². The Morgan fingerprint density at radius 3 is 2.75 bits per heavy atom. The van der Waals surface area contributed by atoms with Crippen LogP contribution in [-0.2, 0) is 9.59 Å². The molecule has 0 aliphatic heterocycles. The molecule has 0 spiro atoms. The lowest BCUT2D eigenvalue weighted by Crippen LogP contribution is -2.41. The van der Waals surface area contributed by atoms with E-state index in [1.807, 2.05) is 0 Å². The second-order valence-electron chi connectivity index (χ2n) is 4.94. The maximum Gasteiger partial charge on any atom is 0.323 e. The van der Waals surface area contributed by atoms with Crippen LogP contribution in [0.25, 0.3) is 0 Å². The van der Waals surface area contributed by atoms with Gasteiger partial charge in [0.2, 0.25) is 11.1 Å². The van der Waals surface area contributed by atoms with Crippen LogP contribution in [0.5, 0.6) is 0 Å². The number of nitrogens with zero attached hydrogens (tertiary/aromatic N) is 5. The molecular weight excluding hydrogens is 282 g/mol. The lowest BCUT2D eigenvalue weighted by molar-refractivity contribution is -0.144. The Morgan fingerprint density at radius 1 is 1.50 bits per heavy atom. The van der Waals surface area contributed by atoms with Gasteiger partial charge in [-0.3, -0.25) is 9.59 Å². The molecule has 0 unspecified atom stereocenters. The number of carbonyl (C=O) groups is 2. The molecule has 0 atom stereocenters. The van der Waals surface area contributed by atoms with Crippen LogP contribution in [0.4, 0.5) is 0 Å². The lowest BCUT2D eigenvalue weighted by Gasteiger charge is -2.24. The molecule has 0 saturated heterocycles. The highest BCUT2D eigenvalue weighted by atomic mass is 32.2. The van der Waals surface area contributed by atoms with E-state index in [2.05, 4.69) is 15.5 Å². The molecular formula is C11H17N5O3S. The highest BCUT2D eigenvalue weighted by molar-refractivity contribution is 7.99. The molecule has 1 aliphatic rings. The molecule has 0 aromatic carbocycles. The number of aliphatic carboxylic acids is 1. The summed E-state index contributed by atoms with van der Waals surface area (Å²) in [6, 6.07) is 0.196. The number of thioether (sulfide) groups is 1. The molecule has 1 aromatic heterocycles. The summed E-state index contributed by atoms with van der Waals surface area (Å²) in [6.07, 6.45) is 2.12. The van der Waals surface area contributed by atoms with Crippen molar-refractivity contribution in [2.24, 2.45) is 0 Å². The zero-order valence-electron chi connectivity index (χ0n) is 11.4. The Hall–Kier alpha value is -1.64. The van der Waals surface area contributed by atoms with E-state index in [0.717, 1.165) is 12.8 Å². The second kappa shape index (κ2) is 6.21. The zero-order chi connectivity index (χ0) is 14.7. The van der Waals surface area contributed by atoms with Gasteiger partial charge in [-0.1, -0.05) is 11.8 Å². The number of carbonyl (C=O) groups excluding carboxylic acids is 1. The van der Waals surface area contributed by atoms with Crippen molar-refractivity contribution >= 4 is 23.6 Å². The summed E-state index contributed by atoms with van der Waals surface area (Å²) in [4.78, 5) is 24.2. The first-order chi connectivity index (χ1) is 9.49. The minimum Gasteiger partial charge on any atom is -0.480 e. The number of hydrogen-bond donors (Lipinski definition) is 1. The minimum absolute atomic E-state index is 0.137. The Bertz CT molecular complexity index is 500. The van der Waals surface area contributed by atoms with Gasteiger partial charge < -0.3 is 10.0 Å². The van der Waals surface area contributed by atoms with Crippen molar-refractivity contribution < 1.29 is 14.7 Å². The first-order valence-electron chi connectivity index (χ1n) is 6.41. The molecule has 1 aromatic rings. The Labute approximate surface area is 120 Å². The maximum absolute atomic E-state index is 12.1. The number of rotatable bonds is 7. The average molecular weight is 299 g/mol. The van der Waals surface area contributed by atoms with E-state index >= 15 is 0 Å². The summed E-state index contributed by atoms with van der Waals surface area (Å²) < 4.78 is 1.73. The van der Waals surface area contributed by atoms with Crippen molar-refractivity contribution in [2.75, 3.05) is 12.3 Å². The summed E-state index contributed by atoms with van der Waals surface area (Å²) in [5.74, 6) is -1.10. The predicted molar refractivity (Wildman–Crippen MR) is 71.3 cm³/mol. The molecule has 0 radical (unpaired) electrons. The summed E-state index contributed by atoms with van der Waals surface area (Å²) in [7, 11) is 0. The molecule has 9 heteroatoms. The van der Waals surface area contributed by atoms with Crippen molar-refractivity contribution in [3.8, 4) is 0 Å². The van der Waals surface area contributed by atoms with E-state index in [4.69, 9.17) is 5.11 Å². The summed E-state index contributed by atoms with van der Waals surface area (Å²) in [5, 5.41) is 20.8. The van der Waals surface area contributed by atoms with E-state index in [-0.39, 0.29) is 24.2 Å². The standard InChI is InChI=1S/C11H17N5O3S/c1-7(2)15(5-10(18)19)9(17)6-20-11-12-13-14-16(11)8-3-4-8/h7-8H,3-6H2,1-2H3,(H,18,19). The summed E-state index contributed by atoms with van der Waals surface area (Å²) in [5.41, 5.74) is 0. The van der Waals surface area contributed by atoms with Crippen LogP contribution in [0.1, 0.15) is 32.7 Å². The molecule has 1 heterocycles. The van der Waals surface area contributed by atoms with Crippen LogP contribution in [0.2, 0.25) is 0 Å². The Kier molecular flexibility index (Phi) is 4.58. The van der Waals surface area contributed by atoms with Gasteiger partial charge in [0.05, 0.1) is 11.8 Å². The molecule has 1 amide bonds. The SMILES string of the molecule is CC(C)N(CC(=O)O)C(=O)CSc1nnnn1C1CC1. The minimum atomic E-state index is -1.01. The van der Waals surface area contributed by atoms with Gasteiger partial charge in [-0.15, -0.1) is 5.10 Å². The van der Waals surface area contributed by atoms with Crippen molar-refractivity contribution in [2.45, 2.75) is 43.9 Å². The van der Waals surface area contributed by atoms with Crippen molar-refractivity contribution in [1.29, 1.82) is 0 Å². The average Bonchev–Trinajstić information content (AvgIpc) is 3.11. The normalized spacial score (nSPS) is 14.6. The van der Waals surface area contributed by atoms with Crippen molar-refractivity contribution in [1.82, 2.24) is 25.1 Å². The highest BCUT2D eigenvalue weighted by Crippen LogP contribution is 2.36. The highest BCUT2D eigenvalue weighted by Gasteiger charge is 2.28. The van der Waals surface area contributed by atoms with Crippen molar-refractivity contribution in [3.63, 3.8) is 0 Å². The van der Waals surface area contributed by atoms with E-state index in [9.17, 15) is 9.59 Å². The topological polar surface area (TPSA) is 101 Å². The molecule has 110 valence electrons. The van der Waals surface area contributed by atoms with Crippen LogP contribution < -0.4 is 0 Å². The number of carboxylic acids is 1. The molecule has 1 N–H and O–H groups in total.